The molecule has 0 unspecified atom stereocenters. The van der Waals surface area contributed by atoms with E-state index in [9.17, 15) is 0 Å². The Hall–Kier alpha value is -1.39. The van der Waals surface area contributed by atoms with Gasteiger partial charge in [-0.05, 0) is 33.9 Å². The molecule has 0 aliphatic rings. The van der Waals surface area contributed by atoms with Crippen molar-refractivity contribution in [1.29, 1.82) is 0 Å². The molecule has 0 aliphatic carbocycles. The van der Waals surface area contributed by atoms with Crippen molar-refractivity contribution >= 4 is 10.9 Å². The van der Waals surface area contributed by atoms with Crippen LogP contribution in [0.2, 0.25) is 0 Å². The Morgan fingerprint density at radius 2 is 2.00 bits per heavy atom. The number of rotatable bonds is 5. The third-order valence-corrected chi connectivity index (χ3v) is 2.92. The molecule has 0 aliphatic heterocycles. The average molecular weight is 261 g/mol. The van der Waals surface area contributed by atoms with E-state index in [-0.39, 0.29) is 5.60 Å². The molecule has 0 bridgehead atoms. The third kappa shape index (κ3) is 3.55. The highest BCUT2D eigenvalue weighted by atomic mass is 16.5. The van der Waals surface area contributed by atoms with E-state index >= 15 is 0 Å². The lowest BCUT2D eigenvalue weighted by molar-refractivity contribution is -0.00752. The van der Waals surface area contributed by atoms with Crippen LogP contribution in [0, 0.1) is 0 Å². The Morgan fingerprint density at radius 3 is 2.68 bits per heavy atom. The molecule has 1 aromatic heterocycles. The lowest BCUT2D eigenvalue weighted by Crippen LogP contribution is -2.22. The van der Waals surface area contributed by atoms with Crippen LogP contribution in [0.1, 0.15) is 26.5 Å². The first-order valence-corrected chi connectivity index (χ1v) is 6.74. The van der Waals surface area contributed by atoms with Crippen molar-refractivity contribution in [2.75, 3.05) is 13.7 Å². The van der Waals surface area contributed by atoms with E-state index in [4.69, 9.17) is 4.74 Å². The molecule has 0 fully saturated rings. The van der Waals surface area contributed by atoms with Gasteiger partial charge in [0.2, 0.25) is 0 Å². The summed E-state index contributed by atoms with van der Waals surface area (Å²) in [5, 5.41) is 9.05. The molecular formula is C15H23N3O. The lowest BCUT2D eigenvalue weighted by atomic mass is 10.2. The van der Waals surface area contributed by atoms with Gasteiger partial charge in [0.05, 0.1) is 30.0 Å². The van der Waals surface area contributed by atoms with Crippen LogP contribution in [-0.2, 0) is 17.8 Å². The van der Waals surface area contributed by atoms with E-state index in [1.54, 1.807) is 0 Å². The van der Waals surface area contributed by atoms with Gasteiger partial charge in [0, 0.05) is 11.9 Å². The van der Waals surface area contributed by atoms with Crippen LogP contribution in [-0.4, -0.2) is 29.0 Å². The molecule has 0 radical (unpaired) electrons. The normalized spacial score (nSPS) is 12.2. The molecule has 19 heavy (non-hydrogen) atoms. The zero-order valence-electron chi connectivity index (χ0n) is 12.2. The minimum atomic E-state index is -0.100. The van der Waals surface area contributed by atoms with Gasteiger partial charge in [-0.15, -0.1) is 0 Å². The van der Waals surface area contributed by atoms with E-state index in [1.165, 1.54) is 10.9 Å². The van der Waals surface area contributed by atoms with E-state index in [1.807, 2.05) is 17.8 Å². The van der Waals surface area contributed by atoms with Crippen LogP contribution in [0.3, 0.4) is 0 Å². The van der Waals surface area contributed by atoms with Crippen LogP contribution in [0.25, 0.3) is 10.9 Å². The maximum Gasteiger partial charge on any atom is 0.0841 e. The van der Waals surface area contributed by atoms with Crippen LogP contribution < -0.4 is 5.32 Å². The van der Waals surface area contributed by atoms with Crippen molar-refractivity contribution in [2.45, 2.75) is 39.5 Å². The predicted octanol–water partition coefficient (Wildman–Crippen LogP) is 2.57. The van der Waals surface area contributed by atoms with Gasteiger partial charge in [0.25, 0.3) is 0 Å². The standard InChI is InChI=1S/C15H23N3O/c1-15(2,3)19-10-9-18-14-8-6-5-7-12(14)13(17-18)11-16-4/h5-8,16H,9-11H2,1-4H3. The molecule has 1 N–H and O–H groups in total. The van der Waals surface area contributed by atoms with Crippen molar-refractivity contribution < 1.29 is 4.74 Å². The van der Waals surface area contributed by atoms with Crippen LogP contribution in [0.5, 0.6) is 0 Å². The van der Waals surface area contributed by atoms with Crippen LogP contribution in [0.4, 0.5) is 0 Å². The average Bonchev–Trinajstić information content (AvgIpc) is 2.68. The molecule has 1 aromatic carbocycles. The van der Waals surface area contributed by atoms with Crippen molar-refractivity contribution in [3.05, 3.63) is 30.0 Å². The molecule has 4 nitrogen and oxygen atoms in total. The third-order valence-electron chi connectivity index (χ3n) is 2.92. The number of nitrogens with one attached hydrogen (secondary N) is 1. The Morgan fingerprint density at radius 1 is 1.26 bits per heavy atom. The first-order valence-electron chi connectivity index (χ1n) is 6.74. The van der Waals surface area contributed by atoms with Gasteiger partial charge < -0.3 is 10.1 Å². The quantitative estimate of drug-likeness (QED) is 0.899. The fourth-order valence-corrected chi connectivity index (χ4v) is 2.10. The maximum atomic E-state index is 5.77. The number of para-hydroxylation sites is 1. The molecule has 4 heteroatoms. The van der Waals surface area contributed by atoms with Gasteiger partial charge in [-0.1, -0.05) is 18.2 Å². The topological polar surface area (TPSA) is 39.1 Å². The highest BCUT2D eigenvalue weighted by molar-refractivity contribution is 5.81. The van der Waals surface area contributed by atoms with Gasteiger partial charge in [-0.25, -0.2) is 0 Å². The molecule has 0 saturated carbocycles. The minimum Gasteiger partial charge on any atom is -0.374 e. The number of nitrogens with zero attached hydrogens (tertiary/aromatic N) is 2. The van der Waals surface area contributed by atoms with Gasteiger partial charge in [0.1, 0.15) is 0 Å². The SMILES string of the molecule is CNCc1nn(CCOC(C)(C)C)c2ccccc12. The number of aromatic nitrogens is 2. The summed E-state index contributed by atoms with van der Waals surface area (Å²) >= 11 is 0. The van der Waals surface area contributed by atoms with Crippen molar-refractivity contribution in [3.8, 4) is 0 Å². The van der Waals surface area contributed by atoms with Gasteiger partial charge in [0.15, 0.2) is 0 Å². The Bertz CT molecular complexity index is 540. The molecule has 2 rings (SSSR count). The summed E-state index contributed by atoms with van der Waals surface area (Å²) in [6.07, 6.45) is 0. The summed E-state index contributed by atoms with van der Waals surface area (Å²) in [5.74, 6) is 0. The first kappa shape index (κ1) is 14.0. The number of hydrogen-bond acceptors (Lipinski definition) is 3. The van der Waals surface area contributed by atoms with Crippen LogP contribution in [0.15, 0.2) is 24.3 Å². The number of benzene rings is 1. The number of ether oxygens (including phenoxy) is 1. The van der Waals surface area contributed by atoms with E-state index < -0.39 is 0 Å². The second-order valence-corrected chi connectivity index (χ2v) is 5.68. The Balaban J connectivity index is 2.18. The van der Waals surface area contributed by atoms with E-state index in [0.29, 0.717) is 6.61 Å². The molecule has 0 amide bonds. The first-order chi connectivity index (χ1) is 9.01. The summed E-state index contributed by atoms with van der Waals surface area (Å²) in [5.41, 5.74) is 2.16. The molecule has 2 aromatic rings. The predicted molar refractivity (Wildman–Crippen MR) is 78.2 cm³/mol. The van der Waals surface area contributed by atoms with Crippen LogP contribution >= 0.6 is 0 Å². The van der Waals surface area contributed by atoms with Gasteiger partial charge >= 0.3 is 0 Å². The fraction of sp³-hybridized carbons (Fsp3) is 0.533. The molecule has 104 valence electrons. The summed E-state index contributed by atoms with van der Waals surface area (Å²) in [4.78, 5) is 0. The maximum absolute atomic E-state index is 5.77. The number of fused-ring (bicyclic) bond motifs is 1. The van der Waals surface area contributed by atoms with Gasteiger partial charge in [-0.3, -0.25) is 4.68 Å². The smallest absolute Gasteiger partial charge is 0.0841 e. The largest absolute Gasteiger partial charge is 0.374 e. The van der Waals surface area contributed by atoms with Gasteiger partial charge in [-0.2, -0.15) is 5.10 Å². The van der Waals surface area contributed by atoms with E-state index in [2.05, 4.69) is 49.4 Å². The molecule has 0 atom stereocenters. The van der Waals surface area contributed by atoms with Crippen molar-refractivity contribution in [3.63, 3.8) is 0 Å². The summed E-state index contributed by atoms with van der Waals surface area (Å²) in [7, 11) is 1.94. The minimum absolute atomic E-state index is 0.100. The molecule has 0 spiro atoms. The second kappa shape index (κ2) is 5.72. The highest BCUT2D eigenvalue weighted by Crippen LogP contribution is 2.18. The van der Waals surface area contributed by atoms with Crippen molar-refractivity contribution in [1.82, 2.24) is 15.1 Å². The molecule has 0 saturated heterocycles. The Labute approximate surface area is 114 Å². The lowest BCUT2D eigenvalue weighted by Gasteiger charge is -2.19. The Kier molecular flexibility index (Phi) is 4.22. The monoisotopic (exact) mass is 261 g/mol. The second-order valence-electron chi connectivity index (χ2n) is 5.68. The zero-order valence-corrected chi connectivity index (χ0v) is 12.2. The van der Waals surface area contributed by atoms with E-state index in [0.717, 1.165) is 18.8 Å². The molecule has 1 heterocycles. The fourth-order valence-electron chi connectivity index (χ4n) is 2.10. The highest BCUT2D eigenvalue weighted by Gasteiger charge is 2.12. The number of hydrogen-bond donors (Lipinski definition) is 1. The summed E-state index contributed by atoms with van der Waals surface area (Å²) < 4.78 is 7.81. The van der Waals surface area contributed by atoms with Crippen molar-refractivity contribution in [2.24, 2.45) is 0 Å². The zero-order chi connectivity index (χ0) is 13.9. The molecular weight excluding hydrogens is 238 g/mol. The summed E-state index contributed by atoms with van der Waals surface area (Å²) in [6.45, 7) is 8.45. The summed E-state index contributed by atoms with van der Waals surface area (Å²) in [6, 6.07) is 8.34.